The summed E-state index contributed by atoms with van der Waals surface area (Å²) in [7, 11) is 0. The lowest BCUT2D eigenvalue weighted by Crippen LogP contribution is -2.59. The monoisotopic (exact) mass is 304 g/mol. The van der Waals surface area contributed by atoms with Gasteiger partial charge in [0.25, 0.3) is 0 Å². The Morgan fingerprint density at radius 3 is 2.68 bits per heavy atom. The van der Waals surface area contributed by atoms with Crippen molar-refractivity contribution in [2.24, 2.45) is 11.8 Å². The van der Waals surface area contributed by atoms with Crippen LogP contribution in [-0.4, -0.2) is 36.5 Å². The van der Waals surface area contributed by atoms with Gasteiger partial charge in [-0.05, 0) is 50.9 Å². The summed E-state index contributed by atoms with van der Waals surface area (Å²) in [6.45, 7) is 0.716. The van der Waals surface area contributed by atoms with E-state index in [0.29, 0.717) is 24.9 Å². The predicted octanol–water partition coefficient (Wildman–Crippen LogP) is 0.442. The minimum absolute atomic E-state index is 0.00981. The van der Waals surface area contributed by atoms with E-state index in [1.165, 1.54) is 0 Å². The number of amides is 2. The largest absolute Gasteiger partial charge is 0.356 e. The average molecular weight is 304 g/mol. The Morgan fingerprint density at radius 1 is 1.32 bits per heavy atom. The first-order chi connectivity index (χ1) is 10.7. The molecule has 4 rings (SSSR count). The number of nitrogens with one attached hydrogen (secondary N) is 3. The van der Waals surface area contributed by atoms with E-state index in [0.717, 1.165) is 38.5 Å². The van der Waals surface area contributed by atoms with Crippen molar-refractivity contribution in [2.75, 3.05) is 6.54 Å². The Balaban J connectivity index is 1.55. The minimum atomic E-state index is -0.580. The molecule has 120 valence electrons. The Hall–Kier alpha value is -1.61. The van der Waals surface area contributed by atoms with Gasteiger partial charge in [0.15, 0.2) is 0 Å². The Bertz CT molecular complexity index is 479. The fourth-order valence-corrected chi connectivity index (χ4v) is 4.05. The molecule has 1 saturated carbocycles. The molecular formula is C16H24N4O2. The number of hydrogen-bond acceptors (Lipinski definition) is 4. The summed E-state index contributed by atoms with van der Waals surface area (Å²) in [6.07, 6.45) is 6.64. The highest BCUT2D eigenvalue weighted by molar-refractivity contribution is 5.83. The van der Waals surface area contributed by atoms with Gasteiger partial charge in [0.2, 0.25) is 11.8 Å². The van der Waals surface area contributed by atoms with Gasteiger partial charge in [-0.25, -0.2) is 0 Å². The van der Waals surface area contributed by atoms with Crippen LogP contribution in [0, 0.1) is 23.2 Å². The molecule has 3 heterocycles. The maximum Gasteiger partial charge on any atom is 0.238 e. The van der Waals surface area contributed by atoms with Gasteiger partial charge in [-0.15, -0.1) is 0 Å². The molecule has 3 N–H and O–H groups in total. The molecule has 2 amide bonds. The van der Waals surface area contributed by atoms with Gasteiger partial charge in [0, 0.05) is 18.5 Å². The summed E-state index contributed by atoms with van der Waals surface area (Å²) < 4.78 is 0. The van der Waals surface area contributed by atoms with Crippen LogP contribution in [0.3, 0.4) is 0 Å². The number of piperidine rings is 3. The van der Waals surface area contributed by atoms with Crippen molar-refractivity contribution in [3.8, 4) is 6.07 Å². The molecular weight excluding hydrogens is 280 g/mol. The summed E-state index contributed by atoms with van der Waals surface area (Å²) >= 11 is 0. The zero-order chi connectivity index (χ0) is 15.5. The standard InChI is InChI=1S/C16H24N4O2/c17-9-13(8-11-2-1-7-18-15(11)21)20-16(22)14-10-3-5-12(19-14)6-4-10/h10-14,19H,1-8H2,(H,18,21)(H,20,22)/t10?,11-,12?,13-,14+/m0/s1. The van der Waals surface area contributed by atoms with Crippen LogP contribution in [0.1, 0.15) is 44.9 Å². The number of nitriles is 1. The van der Waals surface area contributed by atoms with Gasteiger partial charge in [-0.3, -0.25) is 9.59 Å². The summed E-state index contributed by atoms with van der Waals surface area (Å²) in [5, 5.41) is 18.4. The minimum Gasteiger partial charge on any atom is -0.356 e. The van der Waals surface area contributed by atoms with Crippen molar-refractivity contribution in [1.29, 1.82) is 5.26 Å². The molecule has 22 heavy (non-hydrogen) atoms. The number of hydrogen-bond donors (Lipinski definition) is 3. The van der Waals surface area contributed by atoms with Crippen molar-refractivity contribution in [3.63, 3.8) is 0 Å². The normalized spacial score (nSPS) is 35.3. The smallest absolute Gasteiger partial charge is 0.238 e. The van der Waals surface area contributed by atoms with E-state index in [4.69, 9.17) is 0 Å². The first kappa shape index (κ1) is 15.3. The van der Waals surface area contributed by atoms with Crippen LogP contribution in [0.15, 0.2) is 0 Å². The molecule has 3 atom stereocenters. The molecule has 4 aliphatic rings. The van der Waals surface area contributed by atoms with Gasteiger partial charge in [0.1, 0.15) is 6.04 Å². The maximum atomic E-state index is 12.5. The van der Waals surface area contributed by atoms with Crippen LogP contribution < -0.4 is 16.0 Å². The molecule has 0 radical (unpaired) electrons. The highest BCUT2D eigenvalue weighted by atomic mass is 16.2. The molecule has 0 aromatic heterocycles. The first-order valence-corrected chi connectivity index (χ1v) is 8.41. The highest BCUT2D eigenvalue weighted by Gasteiger charge is 2.39. The molecule has 0 aromatic carbocycles. The molecule has 3 aliphatic heterocycles. The average Bonchev–Trinajstić information content (AvgIpc) is 2.57. The van der Waals surface area contributed by atoms with Gasteiger partial charge in [-0.2, -0.15) is 5.26 Å². The first-order valence-electron chi connectivity index (χ1n) is 8.41. The van der Waals surface area contributed by atoms with Crippen molar-refractivity contribution in [1.82, 2.24) is 16.0 Å². The zero-order valence-corrected chi connectivity index (χ0v) is 12.8. The van der Waals surface area contributed by atoms with Gasteiger partial charge >= 0.3 is 0 Å². The molecule has 0 aromatic rings. The Morgan fingerprint density at radius 2 is 2.09 bits per heavy atom. The van der Waals surface area contributed by atoms with E-state index in [1.807, 2.05) is 0 Å². The Kier molecular flexibility index (Phi) is 4.63. The number of carbonyl (C=O) groups is 2. The van der Waals surface area contributed by atoms with Crippen LogP contribution in [-0.2, 0) is 9.59 Å². The van der Waals surface area contributed by atoms with Crippen LogP contribution in [0.5, 0.6) is 0 Å². The van der Waals surface area contributed by atoms with Crippen LogP contribution in [0.4, 0.5) is 0 Å². The summed E-state index contributed by atoms with van der Waals surface area (Å²) in [6, 6.07) is 1.85. The molecule has 4 fully saturated rings. The van der Waals surface area contributed by atoms with Crippen LogP contribution in [0.2, 0.25) is 0 Å². The summed E-state index contributed by atoms with van der Waals surface area (Å²) in [5.41, 5.74) is 0. The zero-order valence-electron chi connectivity index (χ0n) is 12.8. The van der Waals surface area contributed by atoms with Gasteiger partial charge < -0.3 is 16.0 Å². The lowest BCUT2D eigenvalue weighted by Gasteiger charge is -2.42. The SMILES string of the molecule is N#C[C@H](C[C@@H]1CCCNC1=O)NC(=O)[C@@H]1NC2CCC1CC2. The van der Waals surface area contributed by atoms with Gasteiger partial charge in [-0.1, -0.05) is 0 Å². The third-order valence-electron chi connectivity index (χ3n) is 5.33. The third kappa shape index (κ3) is 3.25. The van der Waals surface area contributed by atoms with Gasteiger partial charge in [0.05, 0.1) is 12.1 Å². The van der Waals surface area contributed by atoms with E-state index >= 15 is 0 Å². The van der Waals surface area contributed by atoms with E-state index < -0.39 is 6.04 Å². The third-order valence-corrected chi connectivity index (χ3v) is 5.33. The molecule has 1 aliphatic carbocycles. The number of nitrogens with zero attached hydrogens (tertiary/aromatic N) is 1. The second-order valence-corrected chi connectivity index (χ2v) is 6.81. The summed E-state index contributed by atoms with van der Waals surface area (Å²) in [5.74, 6) is 0.171. The van der Waals surface area contributed by atoms with Crippen molar-refractivity contribution in [2.45, 2.75) is 63.1 Å². The second kappa shape index (κ2) is 6.66. The molecule has 3 saturated heterocycles. The molecule has 2 bridgehead atoms. The summed E-state index contributed by atoms with van der Waals surface area (Å²) in [4.78, 5) is 24.2. The maximum absolute atomic E-state index is 12.5. The fourth-order valence-electron chi connectivity index (χ4n) is 4.05. The fraction of sp³-hybridized carbons (Fsp3) is 0.812. The second-order valence-electron chi connectivity index (χ2n) is 6.81. The molecule has 6 heteroatoms. The van der Waals surface area contributed by atoms with Crippen LogP contribution in [0.25, 0.3) is 0 Å². The lowest BCUT2D eigenvalue weighted by molar-refractivity contribution is -0.129. The van der Waals surface area contributed by atoms with Crippen LogP contribution >= 0.6 is 0 Å². The molecule has 0 spiro atoms. The molecule has 6 nitrogen and oxygen atoms in total. The number of rotatable bonds is 4. The van der Waals surface area contributed by atoms with Crippen molar-refractivity contribution in [3.05, 3.63) is 0 Å². The predicted molar refractivity (Wildman–Crippen MR) is 80.6 cm³/mol. The van der Waals surface area contributed by atoms with E-state index in [1.54, 1.807) is 0 Å². The van der Waals surface area contributed by atoms with E-state index in [9.17, 15) is 14.9 Å². The molecule has 0 unspecified atom stereocenters. The van der Waals surface area contributed by atoms with E-state index in [-0.39, 0.29) is 23.8 Å². The van der Waals surface area contributed by atoms with Crippen molar-refractivity contribution < 1.29 is 9.59 Å². The van der Waals surface area contributed by atoms with Crippen molar-refractivity contribution >= 4 is 11.8 Å². The topological polar surface area (TPSA) is 94.0 Å². The van der Waals surface area contributed by atoms with E-state index in [2.05, 4.69) is 22.0 Å². The number of fused-ring (bicyclic) bond motifs is 3. The quantitative estimate of drug-likeness (QED) is 0.702. The highest BCUT2D eigenvalue weighted by Crippen LogP contribution is 2.33. The lowest BCUT2D eigenvalue weighted by atomic mass is 9.76. The number of carbonyl (C=O) groups excluding carboxylic acids is 2. The Labute approximate surface area is 131 Å².